The number of hydrogen-bond acceptors (Lipinski definition) is 2. The Morgan fingerprint density at radius 2 is 1.85 bits per heavy atom. The number of carbonyl (C=O) groups is 1. The number of rotatable bonds is 8. The van der Waals surface area contributed by atoms with Crippen molar-refractivity contribution in [3.63, 3.8) is 0 Å². The van der Waals surface area contributed by atoms with Crippen molar-refractivity contribution in [3.05, 3.63) is 34.9 Å². The summed E-state index contributed by atoms with van der Waals surface area (Å²) in [6.45, 7) is 6.58. The van der Waals surface area contributed by atoms with Crippen molar-refractivity contribution in [3.8, 4) is 0 Å². The van der Waals surface area contributed by atoms with Gasteiger partial charge in [0, 0.05) is 0 Å². The van der Waals surface area contributed by atoms with E-state index in [1.54, 1.807) is 12.1 Å². The lowest BCUT2D eigenvalue weighted by molar-refractivity contribution is 0.0696. The molecule has 0 radical (unpaired) electrons. The fourth-order valence-corrected chi connectivity index (χ4v) is 2.46. The Kier molecular flexibility index (Phi) is 6.73. The van der Waals surface area contributed by atoms with Crippen molar-refractivity contribution in [2.75, 3.05) is 0 Å². The van der Waals surface area contributed by atoms with Crippen LogP contribution in [0.3, 0.4) is 0 Å². The van der Waals surface area contributed by atoms with Gasteiger partial charge in [0.2, 0.25) is 0 Å². The summed E-state index contributed by atoms with van der Waals surface area (Å²) < 4.78 is 0. The van der Waals surface area contributed by atoms with Gasteiger partial charge in [0.25, 0.3) is 0 Å². The van der Waals surface area contributed by atoms with Crippen LogP contribution in [0, 0.1) is 11.8 Å². The summed E-state index contributed by atoms with van der Waals surface area (Å²) in [7, 11) is 0. The smallest absolute Gasteiger partial charge is 0.335 e. The third kappa shape index (κ3) is 5.33. The molecule has 3 heteroatoms. The normalized spacial score (nSPS) is 12.7. The van der Waals surface area contributed by atoms with Gasteiger partial charge in [-0.1, -0.05) is 46.1 Å². The first kappa shape index (κ1) is 16.7. The second-order valence-corrected chi connectivity index (χ2v) is 6.08. The predicted molar refractivity (Wildman–Crippen MR) is 80.9 cm³/mol. The van der Waals surface area contributed by atoms with Crippen LogP contribution in [0.1, 0.15) is 61.5 Å². The molecule has 3 nitrogen and oxygen atoms in total. The zero-order chi connectivity index (χ0) is 15.1. The Balaban J connectivity index is 2.64. The molecule has 0 aromatic heterocycles. The first-order chi connectivity index (χ1) is 9.43. The highest BCUT2D eigenvalue weighted by atomic mass is 16.4. The summed E-state index contributed by atoms with van der Waals surface area (Å²) >= 11 is 0. The van der Waals surface area contributed by atoms with Gasteiger partial charge in [0.15, 0.2) is 0 Å². The van der Waals surface area contributed by atoms with Gasteiger partial charge in [0.05, 0.1) is 12.2 Å². The number of aromatic carboxylic acids is 1. The van der Waals surface area contributed by atoms with E-state index in [2.05, 4.69) is 20.8 Å². The average Bonchev–Trinajstić information content (AvgIpc) is 2.38. The average molecular weight is 278 g/mol. The van der Waals surface area contributed by atoms with Gasteiger partial charge >= 0.3 is 5.97 Å². The molecule has 20 heavy (non-hydrogen) atoms. The molecule has 0 saturated heterocycles. The van der Waals surface area contributed by atoms with Crippen LogP contribution in [0.2, 0.25) is 0 Å². The molecule has 1 aromatic rings. The Hall–Kier alpha value is -1.35. The number of aliphatic hydroxyl groups excluding tert-OH is 1. The molecule has 0 bridgehead atoms. The number of aliphatic hydroxyl groups is 1. The highest BCUT2D eigenvalue weighted by Crippen LogP contribution is 2.20. The molecule has 0 spiro atoms. The lowest BCUT2D eigenvalue weighted by atomic mass is 9.91. The van der Waals surface area contributed by atoms with Crippen molar-refractivity contribution in [2.45, 2.75) is 53.1 Å². The molecule has 0 aliphatic rings. The predicted octanol–water partition coefficient (Wildman–Crippen LogP) is 3.88. The first-order valence-corrected chi connectivity index (χ1v) is 7.40. The van der Waals surface area contributed by atoms with E-state index in [0.29, 0.717) is 5.92 Å². The number of carboxylic acid groups (broad SMARTS) is 1. The van der Waals surface area contributed by atoms with E-state index in [1.165, 1.54) is 19.3 Å². The fourth-order valence-electron chi connectivity index (χ4n) is 2.46. The van der Waals surface area contributed by atoms with Crippen LogP contribution in [-0.2, 0) is 13.0 Å². The van der Waals surface area contributed by atoms with Gasteiger partial charge in [-0.25, -0.2) is 4.79 Å². The maximum absolute atomic E-state index is 10.9. The van der Waals surface area contributed by atoms with Gasteiger partial charge in [0.1, 0.15) is 0 Å². The van der Waals surface area contributed by atoms with Crippen LogP contribution in [0.5, 0.6) is 0 Å². The van der Waals surface area contributed by atoms with Gasteiger partial charge < -0.3 is 10.2 Å². The molecule has 1 atom stereocenters. The molecule has 0 saturated carbocycles. The second kappa shape index (κ2) is 8.05. The van der Waals surface area contributed by atoms with Gasteiger partial charge in [-0.05, 0) is 41.5 Å². The molecule has 2 N–H and O–H groups in total. The lowest BCUT2D eigenvalue weighted by Crippen LogP contribution is -2.06. The monoisotopic (exact) mass is 278 g/mol. The van der Waals surface area contributed by atoms with Crippen LogP contribution >= 0.6 is 0 Å². The van der Waals surface area contributed by atoms with Gasteiger partial charge in [-0.3, -0.25) is 0 Å². The summed E-state index contributed by atoms with van der Waals surface area (Å²) in [5, 5.41) is 18.4. The number of hydrogen-bond donors (Lipinski definition) is 2. The molecular formula is C17H26O3. The Morgan fingerprint density at radius 1 is 1.15 bits per heavy atom. The van der Waals surface area contributed by atoms with Crippen molar-refractivity contribution >= 4 is 5.97 Å². The maximum Gasteiger partial charge on any atom is 0.335 e. The molecule has 1 unspecified atom stereocenters. The zero-order valence-electron chi connectivity index (χ0n) is 12.7. The van der Waals surface area contributed by atoms with E-state index < -0.39 is 5.97 Å². The maximum atomic E-state index is 10.9. The lowest BCUT2D eigenvalue weighted by Gasteiger charge is -2.15. The van der Waals surface area contributed by atoms with Crippen LogP contribution in [0.25, 0.3) is 0 Å². The van der Waals surface area contributed by atoms with Crippen LogP contribution in [-0.4, -0.2) is 16.2 Å². The molecule has 112 valence electrons. The van der Waals surface area contributed by atoms with E-state index in [-0.39, 0.29) is 12.2 Å². The van der Waals surface area contributed by atoms with Crippen molar-refractivity contribution < 1.29 is 15.0 Å². The molecule has 1 aromatic carbocycles. The minimum absolute atomic E-state index is 0.102. The fraction of sp³-hybridized carbons (Fsp3) is 0.588. The molecule has 0 fully saturated rings. The number of carboxylic acids is 1. The minimum Gasteiger partial charge on any atom is -0.478 e. The van der Waals surface area contributed by atoms with Gasteiger partial charge in [-0.15, -0.1) is 0 Å². The third-order valence-corrected chi connectivity index (χ3v) is 3.67. The van der Waals surface area contributed by atoms with Crippen LogP contribution < -0.4 is 0 Å². The molecule has 0 amide bonds. The highest BCUT2D eigenvalue weighted by Gasteiger charge is 2.11. The summed E-state index contributed by atoms with van der Waals surface area (Å²) in [6, 6.07) is 5.05. The van der Waals surface area contributed by atoms with E-state index in [1.807, 2.05) is 6.07 Å². The van der Waals surface area contributed by atoms with E-state index >= 15 is 0 Å². The van der Waals surface area contributed by atoms with E-state index in [9.17, 15) is 9.90 Å². The summed E-state index contributed by atoms with van der Waals surface area (Å²) in [6.07, 6.45) is 4.53. The molecule has 0 heterocycles. The van der Waals surface area contributed by atoms with Crippen molar-refractivity contribution in [2.24, 2.45) is 11.8 Å². The SMILES string of the molecule is CC(C)CCCC(C)Cc1ccc(C(=O)O)cc1CO. The molecule has 0 aliphatic heterocycles. The van der Waals surface area contributed by atoms with E-state index in [4.69, 9.17) is 5.11 Å². The van der Waals surface area contributed by atoms with Gasteiger partial charge in [-0.2, -0.15) is 0 Å². The Morgan fingerprint density at radius 3 is 2.40 bits per heavy atom. The standard InChI is InChI=1S/C17H26O3/c1-12(2)5-4-6-13(3)9-14-7-8-15(17(19)20)10-16(14)11-18/h7-8,10,12-13,18H,4-6,9,11H2,1-3H3,(H,19,20). The van der Waals surface area contributed by atoms with Crippen molar-refractivity contribution in [1.29, 1.82) is 0 Å². The third-order valence-electron chi connectivity index (χ3n) is 3.67. The molecular weight excluding hydrogens is 252 g/mol. The quantitative estimate of drug-likeness (QED) is 0.758. The molecule has 1 rings (SSSR count). The number of benzene rings is 1. The first-order valence-electron chi connectivity index (χ1n) is 7.40. The topological polar surface area (TPSA) is 57.5 Å². The Bertz CT molecular complexity index is 438. The van der Waals surface area contributed by atoms with Crippen molar-refractivity contribution in [1.82, 2.24) is 0 Å². The largest absolute Gasteiger partial charge is 0.478 e. The zero-order valence-corrected chi connectivity index (χ0v) is 12.7. The minimum atomic E-state index is -0.948. The Labute approximate surface area is 121 Å². The van der Waals surface area contributed by atoms with Crippen LogP contribution in [0.15, 0.2) is 18.2 Å². The summed E-state index contributed by atoms with van der Waals surface area (Å²) in [4.78, 5) is 10.9. The van der Waals surface area contributed by atoms with E-state index in [0.717, 1.165) is 23.5 Å². The molecule has 0 aliphatic carbocycles. The highest BCUT2D eigenvalue weighted by molar-refractivity contribution is 5.87. The summed E-state index contributed by atoms with van der Waals surface area (Å²) in [5.74, 6) is 0.344. The van der Waals surface area contributed by atoms with Crippen LogP contribution in [0.4, 0.5) is 0 Å². The summed E-state index contributed by atoms with van der Waals surface area (Å²) in [5.41, 5.74) is 2.04. The second-order valence-electron chi connectivity index (χ2n) is 6.08.